The number of hydrogen-bond acceptors (Lipinski definition) is 3. The number of halogens is 1. The molecule has 4 nitrogen and oxygen atoms in total. The Hall–Kier alpha value is -0.910. The van der Waals surface area contributed by atoms with Crippen LogP contribution in [0.5, 0.6) is 0 Å². The van der Waals surface area contributed by atoms with E-state index < -0.39 is 0 Å². The Bertz CT molecular complexity index is 426. The molecule has 1 rings (SSSR count). The van der Waals surface area contributed by atoms with E-state index in [1.807, 2.05) is 31.2 Å². The number of ether oxygens (including phenoxy) is 1. The molecule has 0 spiro atoms. The lowest BCUT2D eigenvalue weighted by Crippen LogP contribution is -2.38. The Balaban J connectivity index is 2.07. The second-order valence-corrected chi connectivity index (χ2v) is 6.24. The SMILES string of the molecule is CCOCCCCNC(=NC)NCCSc1ccc(Cl)cc1. The van der Waals surface area contributed by atoms with Crippen molar-refractivity contribution in [2.45, 2.75) is 24.7 Å². The monoisotopic (exact) mass is 343 g/mol. The zero-order valence-corrected chi connectivity index (χ0v) is 15.0. The first-order valence-corrected chi connectivity index (χ1v) is 9.03. The van der Waals surface area contributed by atoms with E-state index in [1.54, 1.807) is 18.8 Å². The van der Waals surface area contributed by atoms with Crippen LogP contribution in [0.2, 0.25) is 5.02 Å². The summed E-state index contributed by atoms with van der Waals surface area (Å²) in [5.41, 5.74) is 0. The van der Waals surface area contributed by atoms with Crippen molar-refractivity contribution in [3.05, 3.63) is 29.3 Å². The molecule has 0 radical (unpaired) electrons. The molecule has 0 aliphatic rings. The number of benzene rings is 1. The molecule has 0 saturated heterocycles. The summed E-state index contributed by atoms with van der Waals surface area (Å²) in [4.78, 5) is 5.44. The third-order valence-corrected chi connectivity index (χ3v) is 4.18. The predicted molar refractivity (Wildman–Crippen MR) is 97.3 cm³/mol. The van der Waals surface area contributed by atoms with Gasteiger partial charge in [0.05, 0.1) is 0 Å². The average Bonchev–Trinajstić information content (AvgIpc) is 2.54. The van der Waals surface area contributed by atoms with Crippen molar-refractivity contribution in [2.24, 2.45) is 4.99 Å². The highest BCUT2D eigenvalue weighted by molar-refractivity contribution is 7.99. The molecule has 6 heteroatoms. The number of hydrogen-bond donors (Lipinski definition) is 2. The molecule has 0 fully saturated rings. The van der Waals surface area contributed by atoms with Gasteiger partial charge in [0.25, 0.3) is 0 Å². The van der Waals surface area contributed by atoms with Crippen LogP contribution in [0.25, 0.3) is 0 Å². The topological polar surface area (TPSA) is 45.6 Å². The van der Waals surface area contributed by atoms with Crippen LogP contribution in [0.3, 0.4) is 0 Å². The van der Waals surface area contributed by atoms with Gasteiger partial charge in [-0.05, 0) is 44.0 Å². The first kappa shape index (κ1) is 19.1. The van der Waals surface area contributed by atoms with Crippen molar-refractivity contribution in [1.82, 2.24) is 10.6 Å². The van der Waals surface area contributed by atoms with E-state index in [1.165, 1.54) is 4.90 Å². The molecule has 22 heavy (non-hydrogen) atoms. The maximum Gasteiger partial charge on any atom is 0.191 e. The molecule has 0 bridgehead atoms. The van der Waals surface area contributed by atoms with Gasteiger partial charge in [0.15, 0.2) is 5.96 Å². The van der Waals surface area contributed by atoms with Gasteiger partial charge in [0.1, 0.15) is 0 Å². The first-order valence-electron chi connectivity index (χ1n) is 7.67. The number of nitrogens with zero attached hydrogens (tertiary/aromatic N) is 1. The van der Waals surface area contributed by atoms with E-state index in [2.05, 4.69) is 15.6 Å². The maximum atomic E-state index is 5.87. The van der Waals surface area contributed by atoms with E-state index in [0.29, 0.717) is 0 Å². The highest BCUT2D eigenvalue weighted by Gasteiger charge is 1.98. The van der Waals surface area contributed by atoms with Gasteiger partial charge in [-0.2, -0.15) is 0 Å². The van der Waals surface area contributed by atoms with Crippen LogP contribution in [-0.2, 0) is 4.74 Å². The highest BCUT2D eigenvalue weighted by Crippen LogP contribution is 2.19. The lowest BCUT2D eigenvalue weighted by atomic mass is 10.3. The third-order valence-electron chi connectivity index (χ3n) is 2.91. The fourth-order valence-corrected chi connectivity index (χ4v) is 2.66. The normalized spacial score (nSPS) is 11.5. The van der Waals surface area contributed by atoms with Crippen LogP contribution >= 0.6 is 23.4 Å². The molecule has 0 saturated carbocycles. The molecule has 2 N–H and O–H groups in total. The predicted octanol–water partition coefficient (Wildman–Crippen LogP) is 3.41. The summed E-state index contributed by atoms with van der Waals surface area (Å²) in [5, 5.41) is 7.40. The molecule has 0 unspecified atom stereocenters. The van der Waals surface area contributed by atoms with Crippen molar-refractivity contribution < 1.29 is 4.74 Å². The molecule has 0 aliphatic heterocycles. The van der Waals surface area contributed by atoms with Crippen molar-refractivity contribution >= 4 is 29.3 Å². The van der Waals surface area contributed by atoms with Gasteiger partial charge in [-0.15, -0.1) is 11.8 Å². The summed E-state index contributed by atoms with van der Waals surface area (Å²) in [7, 11) is 1.79. The van der Waals surface area contributed by atoms with E-state index in [-0.39, 0.29) is 0 Å². The number of nitrogens with one attached hydrogen (secondary N) is 2. The average molecular weight is 344 g/mol. The Kier molecular flexibility index (Phi) is 11.0. The smallest absolute Gasteiger partial charge is 0.191 e. The number of guanidine groups is 1. The standard InChI is InChI=1S/C16H26ClN3OS/c1-3-21-12-5-4-10-19-16(18-2)20-11-13-22-15-8-6-14(17)7-9-15/h6-9H,3-5,10-13H2,1-2H3,(H2,18,19,20). The van der Waals surface area contributed by atoms with Crippen LogP contribution in [-0.4, -0.2) is 45.1 Å². The van der Waals surface area contributed by atoms with Gasteiger partial charge in [-0.25, -0.2) is 0 Å². The molecule has 1 aromatic rings. The van der Waals surface area contributed by atoms with Crippen LogP contribution in [0, 0.1) is 0 Å². The minimum absolute atomic E-state index is 0.774. The first-order chi connectivity index (χ1) is 10.8. The largest absolute Gasteiger partial charge is 0.382 e. The van der Waals surface area contributed by atoms with E-state index in [0.717, 1.165) is 55.9 Å². The molecule has 124 valence electrons. The van der Waals surface area contributed by atoms with Crippen LogP contribution < -0.4 is 10.6 Å². The summed E-state index contributed by atoms with van der Waals surface area (Å²) in [6.07, 6.45) is 2.16. The molecule has 0 aromatic heterocycles. The Morgan fingerprint density at radius 2 is 1.91 bits per heavy atom. The fourth-order valence-electron chi connectivity index (χ4n) is 1.77. The van der Waals surface area contributed by atoms with Crippen molar-refractivity contribution in [2.75, 3.05) is 39.1 Å². The van der Waals surface area contributed by atoms with Gasteiger partial charge in [-0.1, -0.05) is 11.6 Å². The summed E-state index contributed by atoms with van der Waals surface area (Å²) in [6.45, 7) is 5.43. The highest BCUT2D eigenvalue weighted by atomic mass is 35.5. The molecule has 0 heterocycles. The lowest BCUT2D eigenvalue weighted by molar-refractivity contribution is 0.143. The zero-order valence-electron chi connectivity index (χ0n) is 13.4. The number of aliphatic imine (C=N–C) groups is 1. The van der Waals surface area contributed by atoms with Gasteiger partial charge in [0, 0.05) is 49.0 Å². The summed E-state index contributed by atoms with van der Waals surface area (Å²) in [6, 6.07) is 7.91. The number of unbranched alkanes of at least 4 members (excludes halogenated alkanes) is 1. The van der Waals surface area contributed by atoms with Crippen molar-refractivity contribution in [1.29, 1.82) is 0 Å². The van der Waals surface area contributed by atoms with Crippen LogP contribution in [0.15, 0.2) is 34.2 Å². The summed E-state index contributed by atoms with van der Waals surface area (Å²) < 4.78 is 5.31. The molecule has 0 amide bonds. The fraction of sp³-hybridized carbons (Fsp3) is 0.562. The van der Waals surface area contributed by atoms with Gasteiger partial charge in [0.2, 0.25) is 0 Å². The maximum absolute atomic E-state index is 5.87. The van der Waals surface area contributed by atoms with Gasteiger partial charge >= 0.3 is 0 Å². The van der Waals surface area contributed by atoms with Gasteiger partial charge < -0.3 is 15.4 Å². The van der Waals surface area contributed by atoms with Crippen molar-refractivity contribution in [3.8, 4) is 0 Å². The third kappa shape index (κ3) is 9.18. The minimum atomic E-state index is 0.774. The summed E-state index contributed by atoms with van der Waals surface area (Å²) >= 11 is 7.67. The van der Waals surface area contributed by atoms with E-state index in [4.69, 9.17) is 16.3 Å². The molecule has 1 aromatic carbocycles. The lowest BCUT2D eigenvalue weighted by Gasteiger charge is -2.11. The molecule has 0 atom stereocenters. The van der Waals surface area contributed by atoms with Gasteiger partial charge in [-0.3, -0.25) is 4.99 Å². The number of thioether (sulfide) groups is 1. The van der Waals surface area contributed by atoms with E-state index >= 15 is 0 Å². The number of rotatable bonds is 10. The quantitative estimate of drug-likeness (QED) is 0.296. The summed E-state index contributed by atoms with van der Waals surface area (Å²) in [5.74, 6) is 1.83. The molecule has 0 aliphatic carbocycles. The van der Waals surface area contributed by atoms with Crippen LogP contribution in [0.1, 0.15) is 19.8 Å². The second-order valence-electron chi connectivity index (χ2n) is 4.63. The zero-order chi connectivity index (χ0) is 16.0. The second kappa shape index (κ2) is 12.6. The Morgan fingerprint density at radius 1 is 1.18 bits per heavy atom. The Labute approximate surface area is 143 Å². The Morgan fingerprint density at radius 3 is 2.59 bits per heavy atom. The molecular formula is C16H26ClN3OS. The molecular weight excluding hydrogens is 318 g/mol. The van der Waals surface area contributed by atoms with Crippen molar-refractivity contribution in [3.63, 3.8) is 0 Å². The van der Waals surface area contributed by atoms with E-state index in [9.17, 15) is 0 Å². The minimum Gasteiger partial charge on any atom is -0.382 e. The van der Waals surface area contributed by atoms with Crippen LogP contribution in [0.4, 0.5) is 0 Å².